The first-order valence-corrected chi connectivity index (χ1v) is 9.35. The van der Waals surface area contributed by atoms with Gasteiger partial charge >= 0.3 is 12.6 Å². The van der Waals surface area contributed by atoms with Gasteiger partial charge < -0.3 is 19.1 Å². The van der Waals surface area contributed by atoms with Gasteiger partial charge in [-0.3, -0.25) is 9.69 Å². The molecular weight excluding hydrogens is 370 g/mol. The highest BCUT2D eigenvalue weighted by Crippen LogP contribution is 2.42. The molecule has 6 nitrogen and oxygen atoms in total. The second-order valence-corrected chi connectivity index (χ2v) is 7.29. The summed E-state index contributed by atoms with van der Waals surface area (Å²) in [5.74, 6) is 0.395. The second kappa shape index (κ2) is 8.74. The number of methoxy groups -OCH3 is 1. The molecular formula is C20H24F2N2O4. The van der Waals surface area contributed by atoms with Gasteiger partial charge in [0.05, 0.1) is 20.3 Å². The zero-order valence-electron chi connectivity index (χ0n) is 15.8. The number of hydrogen-bond donors (Lipinski definition) is 0. The molecule has 1 aliphatic heterocycles. The zero-order valence-corrected chi connectivity index (χ0v) is 15.8. The number of ether oxygens (including phenoxy) is 3. The SMILES string of the molecule is [C-]#[N+]C1(c2ccc(OC(F)F)c(OCC3CC3)c2)CCN(CC(=O)OC)CC1. The van der Waals surface area contributed by atoms with Gasteiger partial charge in [0.2, 0.25) is 0 Å². The van der Waals surface area contributed by atoms with Crippen LogP contribution in [0.4, 0.5) is 8.78 Å². The molecule has 2 fully saturated rings. The summed E-state index contributed by atoms with van der Waals surface area (Å²) in [7, 11) is 1.35. The first-order chi connectivity index (χ1) is 13.5. The first-order valence-electron chi connectivity index (χ1n) is 9.35. The van der Waals surface area contributed by atoms with Crippen LogP contribution >= 0.6 is 0 Å². The van der Waals surface area contributed by atoms with Crippen LogP contribution in [0.15, 0.2) is 18.2 Å². The average Bonchev–Trinajstić information content (AvgIpc) is 3.52. The van der Waals surface area contributed by atoms with Crippen molar-refractivity contribution < 1.29 is 27.8 Å². The molecule has 1 heterocycles. The number of hydrogen-bond acceptors (Lipinski definition) is 5. The van der Waals surface area contributed by atoms with Gasteiger partial charge in [-0.05, 0) is 37.0 Å². The molecule has 0 radical (unpaired) electrons. The van der Waals surface area contributed by atoms with Gasteiger partial charge in [0.25, 0.3) is 5.54 Å². The van der Waals surface area contributed by atoms with Crippen LogP contribution in [0.25, 0.3) is 4.85 Å². The van der Waals surface area contributed by atoms with E-state index in [1.807, 2.05) is 4.90 Å². The van der Waals surface area contributed by atoms with E-state index in [1.54, 1.807) is 12.1 Å². The molecule has 28 heavy (non-hydrogen) atoms. The van der Waals surface area contributed by atoms with Gasteiger partial charge in [-0.25, -0.2) is 6.57 Å². The maximum Gasteiger partial charge on any atom is 0.387 e. The number of alkyl halides is 2. The van der Waals surface area contributed by atoms with Crippen molar-refractivity contribution in [1.82, 2.24) is 4.90 Å². The third-order valence-electron chi connectivity index (χ3n) is 5.35. The third kappa shape index (κ3) is 4.90. The Balaban J connectivity index is 1.77. The van der Waals surface area contributed by atoms with Crippen LogP contribution < -0.4 is 9.47 Å². The molecule has 1 aromatic carbocycles. The van der Waals surface area contributed by atoms with Gasteiger partial charge in [0.15, 0.2) is 11.5 Å². The molecule has 0 atom stereocenters. The average molecular weight is 394 g/mol. The van der Waals surface area contributed by atoms with Crippen LogP contribution in [0, 0.1) is 12.5 Å². The number of benzene rings is 1. The summed E-state index contributed by atoms with van der Waals surface area (Å²) in [6, 6.07) is 4.78. The minimum Gasteiger partial charge on any atom is -0.489 e. The molecule has 1 aliphatic carbocycles. The lowest BCUT2D eigenvalue weighted by Crippen LogP contribution is -2.43. The molecule has 0 amide bonds. The first kappa shape index (κ1) is 20.3. The van der Waals surface area contributed by atoms with E-state index >= 15 is 0 Å². The fraction of sp³-hybridized carbons (Fsp3) is 0.600. The monoisotopic (exact) mass is 394 g/mol. The van der Waals surface area contributed by atoms with E-state index in [-0.39, 0.29) is 24.0 Å². The van der Waals surface area contributed by atoms with Crippen LogP contribution in [-0.4, -0.2) is 50.8 Å². The van der Waals surface area contributed by atoms with Crippen molar-refractivity contribution in [1.29, 1.82) is 0 Å². The topological polar surface area (TPSA) is 52.4 Å². The fourth-order valence-electron chi connectivity index (χ4n) is 3.39. The van der Waals surface area contributed by atoms with Crippen molar-refractivity contribution in [2.75, 3.05) is 33.4 Å². The Morgan fingerprint density at radius 3 is 2.61 bits per heavy atom. The number of likely N-dealkylation sites (tertiary alicyclic amines) is 1. The van der Waals surface area contributed by atoms with E-state index < -0.39 is 12.2 Å². The van der Waals surface area contributed by atoms with Gasteiger partial charge in [-0.2, -0.15) is 8.78 Å². The van der Waals surface area contributed by atoms with Crippen molar-refractivity contribution in [3.8, 4) is 11.5 Å². The number of esters is 1. The Kier molecular flexibility index (Phi) is 6.35. The summed E-state index contributed by atoms with van der Waals surface area (Å²) >= 11 is 0. The van der Waals surface area contributed by atoms with Crippen LogP contribution in [0.2, 0.25) is 0 Å². The largest absolute Gasteiger partial charge is 0.489 e. The highest BCUT2D eigenvalue weighted by Gasteiger charge is 2.43. The van der Waals surface area contributed by atoms with E-state index in [9.17, 15) is 13.6 Å². The summed E-state index contributed by atoms with van der Waals surface area (Å²) in [6.07, 6.45) is 3.22. The van der Waals surface area contributed by atoms with Crippen molar-refractivity contribution in [3.63, 3.8) is 0 Å². The molecule has 152 valence electrons. The minimum absolute atomic E-state index is 0.0114. The molecule has 0 unspecified atom stereocenters. The van der Waals surface area contributed by atoms with E-state index in [0.717, 1.165) is 18.4 Å². The summed E-state index contributed by atoms with van der Waals surface area (Å²) < 4.78 is 40.4. The number of halogens is 2. The lowest BCUT2D eigenvalue weighted by molar-refractivity contribution is -0.142. The number of piperidine rings is 1. The highest BCUT2D eigenvalue weighted by atomic mass is 19.3. The number of nitrogens with zero attached hydrogens (tertiary/aromatic N) is 2. The third-order valence-corrected chi connectivity index (χ3v) is 5.35. The summed E-state index contributed by atoms with van der Waals surface area (Å²) in [5, 5.41) is 0. The quantitative estimate of drug-likeness (QED) is 0.499. The second-order valence-electron chi connectivity index (χ2n) is 7.29. The molecule has 2 aliphatic rings. The predicted molar refractivity (Wildman–Crippen MR) is 97.3 cm³/mol. The Hall–Kier alpha value is -2.40. The van der Waals surface area contributed by atoms with Crippen LogP contribution in [0.1, 0.15) is 31.2 Å². The van der Waals surface area contributed by atoms with Gasteiger partial charge in [0.1, 0.15) is 0 Å². The van der Waals surface area contributed by atoms with Crippen molar-refractivity contribution in [2.45, 2.75) is 37.8 Å². The maximum atomic E-state index is 12.7. The molecule has 0 bridgehead atoms. The van der Waals surface area contributed by atoms with Crippen molar-refractivity contribution in [2.24, 2.45) is 5.92 Å². The molecule has 8 heteroatoms. The van der Waals surface area contributed by atoms with E-state index in [0.29, 0.717) is 38.5 Å². The summed E-state index contributed by atoms with van der Waals surface area (Å²) in [5.41, 5.74) is -0.0409. The Labute approximate surface area is 163 Å². The van der Waals surface area contributed by atoms with Crippen LogP contribution in [-0.2, 0) is 15.1 Å². The fourth-order valence-corrected chi connectivity index (χ4v) is 3.39. The summed E-state index contributed by atoms with van der Waals surface area (Å²) in [4.78, 5) is 17.3. The summed E-state index contributed by atoms with van der Waals surface area (Å²) in [6.45, 7) is 6.63. The molecule has 0 N–H and O–H groups in total. The Morgan fingerprint density at radius 2 is 2.04 bits per heavy atom. The van der Waals surface area contributed by atoms with E-state index in [2.05, 4.69) is 9.58 Å². The van der Waals surface area contributed by atoms with Gasteiger partial charge in [-0.15, -0.1) is 0 Å². The Morgan fingerprint density at radius 1 is 1.32 bits per heavy atom. The van der Waals surface area contributed by atoms with Gasteiger partial charge in [0, 0.05) is 31.5 Å². The zero-order chi connectivity index (χ0) is 20.1. The molecule has 3 rings (SSSR count). The molecule has 0 spiro atoms. The predicted octanol–water partition coefficient (Wildman–Crippen LogP) is 3.46. The van der Waals surface area contributed by atoms with E-state index in [4.69, 9.17) is 16.0 Å². The molecule has 1 saturated heterocycles. The van der Waals surface area contributed by atoms with Crippen molar-refractivity contribution >= 4 is 5.97 Å². The Bertz CT molecular complexity index is 738. The highest BCUT2D eigenvalue weighted by molar-refractivity contribution is 5.71. The molecule has 1 aromatic rings. The lowest BCUT2D eigenvalue weighted by Gasteiger charge is -2.33. The van der Waals surface area contributed by atoms with Crippen molar-refractivity contribution in [3.05, 3.63) is 35.2 Å². The maximum absolute atomic E-state index is 12.7. The standard InChI is InChI=1S/C20H24F2N2O4/c1-23-20(7-9-24(10-8-20)12-18(25)26-2)15-5-6-16(28-19(21)22)17(11-15)27-13-14-3-4-14/h5-6,11,14,19H,3-4,7-10,12-13H2,2H3. The van der Waals surface area contributed by atoms with Crippen LogP contribution in [0.5, 0.6) is 11.5 Å². The normalized spacial score (nSPS) is 19.1. The van der Waals surface area contributed by atoms with E-state index in [1.165, 1.54) is 13.2 Å². The molecule has 1 saturated carbocycles. The number of carbonyl (C=O) groups excluding carboxylic acids is 1. The minimum atomic E-state index is -2.94. The number of carbonyl (C=O) groups is 1. The smallest absolute Gasteiger partial charge is 0.387 e. The van der Waals surface area contributed by atoms with Gasteiger partial charge in [-0.1, -0.05) is 0 Å². The number of rotatable bonds is 8. The van der Waals surface area contributed by atoms with Crippen LogP contribution in [0.3, 0.4) is 0 Å². The lowest BCUT2D eigenvalue weighted by atomic mass is 9.81. The molecule has 0 aromatic heterocycles.